The second-order valence-electron chi connectivity index (χ2n) is 6.52. The lowest BCUT2D eigenvalue weighted by molar-refractivity contribution is 0.103. The third kappa shape index (κ3) is 3.61. The minimum Gasteiger partial charge on any atom is -0.326 e. The maximum absolute atomic E-state index is 13.3. The van der Waals surface area contributed by atoms with E-state index in [0.717, 1.165) is 5.56 Å². The van der Waals surface area contributed by atoms with Gasteiger partial charge in [-0.05, 0) is 39.0 Å². The van der Waals surface area contributed by atoms with Gasteiger partial charge in [-0.1, -0.05) is 0 Å². The molecular formula is C20H20N6O. The van der Waals surface area contributed by atoms with Crippen LogP contribution in [0.1, 0.15) is 52.6 Å². The Kier molecular flexibility index (Phi) is 5.10. The topological polar surface area (TPSA) is 110 Å². The summed E-state index contributed by atoms with van der Waals surface area (Å²) < 4.78 is 1.75. The van der Waals surface area contributed by atoms with E-state index in [0.29, 0.717) is 40.3 Å². The smallest absolute Gasteiger partial charge is 0.197 e. The van der Waals surface area contributed by atoms with Crippen molar-refractivity contribution in [2.75, 3.05) is 0 Å². The Bertz CT molecular complexity index is 1030. The minimum absolute atomic E-state index is 0.141. The first kappa shape index (κ1) is 18.4. The molecule has 7 heteroatoms. The van der Waals surface area contributed by atoms with Gasteiger partial charge in [-0.2, -0.15) is 10.4 Å². The lowest BCUT2D eigenvalue weighted by atomic mass is 9.96. The highest BCUT2D eigenvalue weighted by Crippen LogP contribution is 2.25. The van der Waals surface area contributed by atoms with Crippen LogP contribution in [-0.4, -0.2) is 25.5 Å². The summed E-state index contributed by atoms with van der Waals surface area (Å²) >= 11 is 0. The van der Waals surface area contributed by atoms with Gasteiger partial charge in [0, 0.05) is 47.9 Å². The lowest BCUT2D eigenvalue weighted by Gasteiger charge is -2.08. The fourth-order valence-corrected chi connectivity index (χ4v) is 2.71. The Labute approximate surface area is 157 Å². The summed E-state index contributed by atoms with van der Waals surface area (Å²) in [5.74, 6) is 0.201. The number of ketones is 1. The van der Waals surface area contributed by atoms with Crippen LogP contribution in [-0.2, 0) is 6.54 Å². The number of rotatable bonds is 5. The van der Waals surface area contributed by atoms with Crippen LogP contribution in [0.4, 0.5) is 0 Å². The van der Waals surface area contributed by atoms with Crippen LogP contribution < -0.4 is 5.73 Å². The standard InChI is InChI=1S/C20H20N6O/c1-12(2)26-11-18(13(3)25-26)19(27)17-6-14(7-21)4-5-16(17)20-23-9-15(8-22)10-24-20/h4-6,9-12H,8,22H2,1-3H3. The minimum atomic E-state index is -0.210. The van der Waals surface area contributed by atoms with Gasteiger partial charge in [0.2, 0.25) is 0 Å². The maximum atomic E-state index is 13.3. The van der Waals surface area contributed by atoms with Gasteiger partial charge in [0.05, 0.1) is 22.9 Å². The number of carbonyl (C=O) groups excluding carboxylic acids is 1. The predicted octanol–water partition coefficient (Wildman–Crippen LogP) is 2.79. The van der Waals surface area contributed by atoms with Crippen LogP contribution in [0.25, 0.3) is 11.4 Å². The van der Waals surface area contributed by atoms with Gasteiger partial charge in [-0.25, -0.2) is 9.97 Å². The molecule has 0 aliphatic heterocycles. The Morgan fingerprint density at radius 3 is 2.52 bits per heavy atom. The number of nitrogens with zero attached hydrogens (tertiary/aromatic N) is 5. The number of aromatic nitrogens is 4. The lowest BCUT2D eigenvalue weighted by Crippen LogP contribution is -2.07. The molecule has 1 aromatic carbocycles. The predicted molar refractivity (Wildman–Crippen MR) is 101 cm³/mol. The van der Waals surface area contributed by atoms with Gasteiger partial charge in [0.15, 0.2) is 11.6 Å². The zero-order valence-electron chi connectivity index (χ0n) is 15.5. The van der Waals surface area contributed by atoms with Crippen molar-refractivity contribution in [1.82, 2.24) is 19.7 Å². The summed E-state index contributed by atoms with van der Waals surface area (Å²) in [6.45, 7) is 6.13. The summed E-state index contributed by atoms with van der Waals surface area (Å²) in [5, 5.41) is 13.7. The van der Waals surface area contributed by atoms with Crippen LogP contribution in [0, 0.1) is 18.3 Å². The number of benzene rings is 1. The van der Waals surface area contributed by atoms with Crippen molar-refractivity contribution in [3.8, 4) is 17.5 Å². The molecular weight excluding hydrogens is 340 g/mol. The molecule has 2 N–H and O–H groups in total. The van der Waals surface area contributed by atoms with E-state index < -0.39 is 0 Å². The first-order chi connectivity index (χ1) is 12.9. The highest BCUT2D eigenvalue weighted by Gasteiger charge is 2.21. The summed E-state index contributed by atoms with van der Waals surface area (Å²) in [7, 11) is 0. The third-order valence-electron chi connectivity index (χ3n) is 4.27. The van der Waals surface area contributed by atoms with E-state index in [4.69, 9.17) is 5.73 Å². The monoisotopic (exact) mass is 360 g/mol. The highest BCUT2D eigenvalue weighted by atomic mass is 16.1. The molecule has 0 radical (unpaired) electrons. The van der Waals surface area contributed by atoms with Gasteiger partial charge < -0.3 is 5.73 Å². The van der Waals surface area contributed by atoms with E-state index >= 15 is 0 Å². The molecule has 0 bridgehead atoms. The fraction of sp³-hybridized carbons (Fsp3) is 0.250. The average Bonchev–Trinajstić information content (AvgIpc) is 3.09. The summed E-state index contributed by atoms with van der Waals surface area (Å²) in [5.41, 5.74) is 8.88. The van der Waals surface area contributed by atoms with E-state index in [2.05, 4.69) is 21.1 Å². The molecule has 3 aromatic rings. The van der Waals surface area contributed by atoms with Crippen LogP contribution in [0.5, 0.6) is 0 Å². The van der Waals surface area contributed by atoms with E-state index in [9.17, 15) is 10.1 Å². The normalized spacial score (nSPS) is 10.8. The van der Waals surface area contributed by atoms with Crippen molar-refractivity contribution >= 4 is 5.78 Å². The first-order valence-corrected chi connectivity index (χ1v) is 8.60. The molecule has 2 heterocycles. The molecule has 0 saturated heterocycles. The summed E-state index contributed by atoms with van der Waals surface area (Å²) in [4.78, 5) is 21.9. The highest BCUT2D eigenvalue weighted by molar-refractivity contribution is 6.13. The molecule has 0 amide bonds. The van der Waals surface area contributed by atoms with Crippen molar-refractivity contribution in [2.45, 2.75) is 33.4 Å². The van der Waals surface area contributed by atoms with E-state index in [1.54, 1.807) is 48.4 Å². The van der Waals surface area contributed by atoms with Crippen molar-refractivity contribution in [2.24, 2.45) is 5.73 Å². The SMILES string of the molecule is Cc1nn(C(C)C)cc1C(=O)c1cc(C#N)ccc1-c1ncc(CN)cn1. The third-order valence-corrected chi connectivity index (χ3v) is 4.27. The molecule has 3 rings (SSSR count). The van der Waals surface area contributed by atoms with E-state index in [1.165, 1.54) is 0 Å². The molecule has 0 saturated carbocycles. The van der Waals surface area contributed by atoms with Gasteiger partial charge in [0.25, 0.3) is 0 Å². The first-order valence-electron chi connectivity index (χ1n) is 8.60. The Morgan fingerprint density at radius 1 is 1.26 bits per heavy atom. The summed E-state index contributed by atoms with van der Waals surface area (Å²) in [6.07, 6.45) is 5.01. The van der Waals surface area contributed by atoms with Gasteiger partial charge in [-0.15, -0.1) is 0 Å². The van der Waals surface area contributed by atoms with Crippen LogP contribution in [0.3, 0.4) is 0 Å². The molecule has 0 spiro atoms. The molecule has 0 atom stereocenters. The van der Waals surface area contributed by atoms with Crippen LogP contribution in [0.15, 0.2) is 36.8 Å². The molecule has 0 aliphatic rings. The molecule has 2 aromatic heterocycles. The zero-order valence-corrected chi connectivity index (χ0v) is 15.5. The average molecular weight is 360 g/mol. The van der Waals surface area contributed by atoms with E-state index in [1.807, 2.05) is 13.8 Å². The van der Waals surface area contributed by atoms with E-state index in [-0.39, 0.29) is 11.8 Å². The quantitative estimate of drug-likeness (QED) is 0.701. The molecule has 136 valence electrons. The van der Waals surface area contributed by atoms with Gasteiger partial charge >= 0.3 is 0 Å². The second kappa shape index (κ2) is 7.48. The Hall–Kier alpha value is -3.37. The number of aryl methyl sites for hydroxylation is 1. The Morgan fingerprint density at radius 2 is 1.96 bits per heavy atom. The van der Waals surface area contributed by atoms with Gasteiger partial charge in [0.1, 0.15) is 0 Å². The molecule has 7 nitrogen and oxygen atoms in total. The molecule has 0 unspecified atom stereocenters. The molecule has 27 heavy (non-hydrogen) atoms. The zero-order chi connectivity index (χ0) is 19.6. The number of hydrogen-bond acceptors (Lipinski definition) is 6. The molecule has 0 fully saturated rings. The Balaban J connectivity index is 2.13. The number of hydrogen-bond donors (Lipinski definition) is 1. The second-order valence-corrected chi connectivity index (χ2v) is 6.52. The van der Waals surface area contributed by atoms with Crippen molar-refractivity contribution in [3.63, 3.8) is 0 Å². The fourth-order valence-electron chi connectivity index (χ4n) is 2.71. The maximum Gasteiger partial charge on any atom is 0.197 e. The summed E-state index contributed by atoms with van der Waals surface area (Å²) in [6, 6.07) is 7.14. The van der Waals surface area contributed by atoms with Gasteiger partial charge in [-0.3, -0.25) is 9.48 Å². The van der Waals surface area contributed by atoms with Crippen molar-refractivity contribution < 1.29 is 4.79 Å². The number of nitrogens with two attached hydrogens (primary N) is 1. The van der Waals surface area contributed by atoms with Crippen LogP contribution >= 0.6 is 0 Å². The largest absolute Gasteiger partial charge is 0.326 e. The van der Waals surface area contributed by atoms with Crippen molar-refractivity contribution in [1.29, 1.82) is 5.26 Å². The number of carbonyl (C=O) groups is 1. The number of nitriles is 1. The molecule has 0 aliphatic carbocycles. The van der Waals surface area contributed by atoms with Crippen LogP contribution in [0.2, 0.25) is 0 Å². The van der Waals surface area contributed by atoms with Crippen molar-refractivity contribution in [3.05, 3.63) is 64.7 Å².